The molecule has 0 unspecified atom stereocenters. The lowest BCUT2D eigenvalue weighted by Crippen LogP contribution is -2.46. The zero-order valence-electron chi connectivity index (χ0n) is 24.8. The molecule has 2 aliphatic heterocycles. The average Bonchev–Trinajstić information content (AvgIpc) is 3.15. The Balaban J connectivity index is 1.16. The standard InChI is InChI=1S/C34H40F2N4O2/c1-4-6-26-21-30-29(22-31(26)42-3)33(37-23-32(41)38-30)25-10-8-24(9-11-25)7-5-16-39-17-19-40(20-18-39)28-14-12-27(13-15-28)34(2,35)36/h8-15,21-22H,4-7,16-20,23H2,1-3H3,(H,38,41). The molecule has 1 amide bonds. The van der Waals surface area contributed by atoms with Crippen molar-refractivity contribution >= 4 is 23.0 Å². The Morgan fingerprint density at radius 2 is 1.69 bits per heavy atom. The minimum absolute atomic E-state index is 0.0540. The second-order valence-electron chi connectivity index (χ2n) is 11.2. The minimum atomic E-state index is -2.81. The SMILES string of the molecule is CCCc1cc2c(cc1OC)C(c1ccc(CCCN3CCN(c4ccc(C(C)(F)F)cc4)CC3)cc1)=NCC(=O)N2. The first-order chi connectivity index (χ1) is 20.2. The molecule has 1 fully saturated rings. The quantitative estimate of drug-likeness (QED) is 0.309. The van der Waals surface area contributed by atoms with Crippen molar-refractivity contribution in [1.29, 1.82) is 0 Å². The summed E-state index contributed by atoms with van der Waals surface area (Å²) in [4.78, 5) is 21.8. The van der Waals surface area contributed by atoms with Gasteiger partial charge >= 0.3 is 0 Å². The molecule has 0 aromatic heterocycles. The number of benzodiazepines with no additional fused rings is 1. The maximum Gasteiger partial charge on any atom is 0.270 e. The highest BCUT2D eigenvalue weighted by Crippen LogP contribution is 2.32. The molecule has 0 spiro atoms. The Bertz CT molecular complexity index is 1410. The van der Waals surface area contributed by atoms with E-state index >= 15 is 0 Å². The van der Waals surface area contributed by atoms with Crippen LogP contribution < -0.4 is 15.0 Å². The van der Waals surface area contributed by atoms with Crippen LogP contribution in [0.25, 0.3) is 0 Å². The molecule has 222 valence electrons. The van der Waals surface area contributed by atoms with Crippen molar-refractivity contribution in [2.45, 2.75) is 45.5 Å². The normalized spacial score (nSPS) is 16.0. The number of nitrogens with one attached hydrogen (secondary N) is 1. The zero-order chi connectivity index (χ0) is 29.7. The van der Waals surface area contributed by atoms with Crippen LogP contribution in [0, 0.1) is 0 Å². The number of halogens is 2. The van der Waals surface area contributed by atoms with E-state index in [0.717, 1.165) is 105 Å². The van der Waals surface area contributed by atoms with Crippen LogP contribution in [0.2, 0.25) is 0 Å². The molecule has 0 aliphatic carbocycles. The molecule has 1 N–H and O–H groups in total. The van der Waals surface area contributed by atoms with E-state index in [1.807, 2.05) is 12.1 Å². The third-order valence-electron chi connectivity index (χ3n) is 8.13. The summed E-state index contributed by atoms with van der Waals surface area (Å²) in [6.45, 7) is 7.86. The van der Waals surface area contributed by atoms with E-state index in [9.17, 15) is 13.6 Å². The van der Waals surface area contributed by atoms with Crippen molar-refractivity contribution in [3.8, 4) is 5.75 Å². The van der Waals surface area contributed by atoms with Crippen LogP contribution in [-0.4, -0.2) is 62.9 Å². The van der Waals surface area contributed by atoms with Gasteiger partial charge in [-0.05, 0) is 61.2 Å². The fourth-order valence-electron chi connectivity index (χ4n) is 5.78. The van der Waals surface area contributed by atoms with Gasteiger partial charge in [0.2, 0.25) is 5.91 Å². The lowest BCUT2D eigenvalue weighted by atomic mass is 9.96. The largest absolute Gasteiger partial charge is 0.496 e. The number of nitrogens with zero attached hydrogens (tertiary/aromatic N) is 3. The van der Waals surface area contributed by atoms with Crippen LogP contribution in [0.3, 0.4) is 0 Å². The molecule has 3 aromatic rings. The Hall–Kier alpha value is -3.78. The lowest BCUT2D eigenvalue weighted by molar-refractivity contribution is -0.114. The van der Waals surface area contributed by atoms with E-state index in [4.69, 9.17) is 4.74 Å². The van der Waals surface area contributed by atoms with E-state index in [0.29, 0.717) is 0 Å². The summed E-state index contributed by atoms with van der Waals surface area (Å²) in [5.74, 6) is -2.11. The minimum Gasteiger partial charge on any atom is -0.496 e. The van der Waals surface area contributed by atoms with Gasteiger partial charge in [0, 0.05) is 55.5 Å². The maximum absolute atomic E-state index is 13.5. The molecule has 5 rings (SSSR count). The van der Waals surface area contributed by atoms with Crippen molar-refractivity contribution in [2.75, 3.05) is 56.6 Å². The number of piperazine rings is 1. The number of rotatable bonds is 10. The van der Waals surface area contributed by atoms with Crippen LogP contribution >= 0.6 is 0 Å². The third-order valence-corrected chi connectivity index (χ3v) is 8.13. The van der Waals surface area contributed by atoms with Gasteiger partial charge in [-0.25, -0.2) is 8.78 Å². The first kappa shape index (κ1) is 29.7. The summed E-state index contributed by atoms with van der Waals surface area (Å²) in [6, 6.07) is 19.2. The molecule has 8 heteroatoms. The number of carbonyl (C=O) groups excluding carboxylic acids is 1. The van der Waals surface area contributed by atoms with Crippen LogP contribution in [-0.2, 0) is 23.6 Å². The van der Waals surface area contributed by atoms with Gasteiger partial charge in [0.15, 0.2) is 0 Å². The number of hydrogen-bond donors (Lipinski definition) is 1. The van der Waals surface area contributed by atoms with Crippen LogP contribution in [0.4, 0.5) is 20.2 Å². The second kappa shape index (κ2) is 13.0. The number of aryl methyl sites for hydroxylation is 2. The van der Waals surface area contributed by atoms with Crippen molar-refractivity contribution in [3.63, 3.8) is 0 Å². The molecule has 42 heavy (non-hydrogen) atoms. The van der Waals surface area contributed by atoms with Gasteiger partial charge in [-0.15, -0.1) is 0 Å². The zero-order valence-corrected chi connectivity index (χ0v) is 24.8. The fraction of sp³-hybridized carbons (Fsp3) is 0.412. The molecular weight excluding hydrogens is 534 g/mol. The van der Waals surface area contributed by atoms with Gasteiger partial charge in [0.1, 0.15) is 12.3 Å². The smallest absolute Gasteiger partial charge is 0.270 e. The first-order valence-electron chi connectivity index (χ1n) is 14.9. The number of amides is 1. The Morgan fingerprint density at radius 3 is 2.33 bits per heavy atom. The summed E-state index contributed by atoms with van der Waals surface area (Å²) >= 11 is 0. The summed E-state index contributed by atoms with van der Waals surface area (Å²) in [7, 11) is 1.68. The highest BCUT2D eigenvalue weighted by atomic mass is 19.3. The number of methoxy groups -OCH3 is 1. The number of carbonyl (C=O) groups is 1. The summed E-state index contributed by atoms with van der Waals surface area (Å²) < 4.78 is 32.7. The summed E-state index contributed by atoms with van der Waals surface area (Å²) in [5, 5.41) is 3.02. The molecular formula is C34H40F2N4O2. The molecule has 0 bridgehead atoms. The Morgan fingerprint density at radius 1 is 0.976 bits per heavy atom. The van der Waals surface area contributed by atoms with E-state index in [2.05, 4.69) is 51.3 Å². The van der Waals surface area contributed by atoms with E-state index in [1.165, 1.54) is 17.7 Å². The van der Waals surface area contributed by atoms with E-state index in [1.54, 1.807) is 19.2 Å². The van der Waals surface area contributed by atoms with Crippen LogP contribution in [0.5, 0.6) is 5.75 Å². The number of anilines is 2. The van der Waals surface area contributed by atoms with Crippen molar-refractivity contribution < 1.29 is 18.3 Å². The molecule has 0 saturated carbocycles. The molecule has 6 nitrogen and oxygen atoms in total. The molecule has 2 heterocycles. The number of hydrogen-bond acceptors (Lipinski definition) is 5. The molecule has 3 aromatic carbocycles. The molecule has 0 atom stereocenters. The van der Waals surface area contributed by atoms with E-state index < -0.39 is 5.92 Å². The number of ether oxygens (including phenoxy) is 1. The number of fused-ring (bicyclic) bond motifs is 1. The van der Waals surface area contributed by atoms with Gasteiger partial charge in [-0.3, -0.25) is 14.7 Å². The highest BCUT2D eigenvalue weighted by Gasteiger charge is 2.25. The van der Waals surface area contributed by atoms with Crippen LogP contribution in [0.15, 0.2) is 65.7 Å². The fourth-order valence-corrected chi connectivity index (χ4v) is 5.78. The predicted molar refractivity (Wildman–Crippen MR) is 166 cm³/mol. The predicted octanol–water partition coefficient (Wildman–Crippen LogP) is 6.30. The third kappa shape index (κ3) is 6.98. The Kier molecular flexibility index (Phi) is 9.21. The van der Waals surface area contributed by atoms with Crippen molar-refractivity contribution in [3.05, 3.63) is 88.5 Å². The lowest BCUT2D eigenvalue weighted by Gasteiger charge is -2.36. The van der Waals surface area contributed by atoms with Crippen molar-refractivity contribution in [2.24, 2.45) is 4.99 Å². The number of aliphatic imine (C=N–C) groups is 1. The van der Waals surface area contributed by atoms with Gasteiger partial charge in [-0.2, -0.15) is 0 Å². The second-order valence-corrected chi connectivity index (χ2v) is 11.2. The van der Waals surface area contributed by atoms with Gasteiger partial charge in [-0.1, -0.05) is 49.7 Å². The molecule has 0 radical (unpaired) electrons. The maximum atomic E-state index is 13.5. The van der Waals surface area contributed by atoms with Crippen molar-refractivity contribution in [1.82, 2.24) is 4.90 Å². The van der Waals surface area contributed by atoms with Gasteiger partial charge in [0.25, 0.3) is 5.92 Å². The van der Waals surface area contributed by atoms with Gasteiger partial charge < -0.3 is 15.0 Å². The first-order valence-corrected chi connectivity index (χ1v) is 14.9. The van der Waals surface area contributed by atoms with E-state index in [-0.39, 0.29) is 18.0 Å². The molecule has 2 aliphatic rings. The topological polar surface area (TPSA) is 57.2 Å². The van der Waals surface area contributed by atoms with Gasteiger partial charge in [0.05, 0.1) is 18.5 Å². The van der Waals surface area contributed by atoms with Crippen LogP contribution in [0.1, 0.15) is 54.5 Å². The highest BCUT2D eigenvalue weighted by molar-refractivity contribution is 6.19. The number of benzene rings is 3. The summed E-state index contributed by atoms with van der Waals surface area (Å²) in [6.07, 6.45) is 3.89. The Labute approximate surface area is 247 Å². The summed E-state index contributed by atoms with van der Waals surface area (Å²) in [5.41, 5.74) is 6.84. The molecule has 1 saturated heterocycles. The average molecular weight is 575 g/mol. The monoisotopic (exact) mass is 574 g/mol. The number of alkyl halides is 2.